The van der Waals surface area contributed by atoms with Crippen LogP contribution in [0.5, 0.6) is 23.0 Å². The van der Waals surface area contributed by atoms with E-state index in [9.17, 15) is 14.7 Å². The summed E-state index contributed by atoms with van der Waals surface area (Å²) >= 11 is 0. The van der Waals surface area contributed by atoms with Gasteiger partial charge in [0.2, 0.25) is 0 Å². The van der Waals surface area contributed by atoms with Crippen LogP contribution in [0, 0.1) is 0 Å². The van der Waals surface area contributed by atoms with Crippen LogP contribution in [0.15, 0.2) is 42.0 Å². The molecule has 39 heavy (non-hydrogen) atoms. The third kappa shape index (κ3) is 5.98. The Bertz CT molecular complexity index is 1220. The predicted octanol–water partition coefficient (Wildman–Crippen LogP) is 4.41. The zero-order valence-corrected chi connectivity index (χ0v) is 23.2. The SMILES string of the molecule is CCOc1ccc([C@@H]2/C(=C(\O)c3ccc4c(c3)OCCO4)C(=O)C(=O)N2CCCN(CC)CC)cc1OCC. The molecular weight excluding hydrogens is 500 g/mol. The average Bonchev–Trinajstić information content (AvgIpc) is 3.21. The number of carbonyl (C=O) groups excluding carboxylic acids is 2. The maximum atomic E-state index is 13.5. The van der Waals surface area contributed by atoms with Crippen molar-refractivity contribution in [2.45, 2.75) is 40.2 Å². The number of nitrogens with zero attached hydrogens (tertiary/aromatic N) is 2. The summed E-state index contributed by atoms with van der Waals surface area (Å²) in [6.07, 6.45) is 0.685. The summed E-state index contributed by atoms with van der Waals surface area (Å²) in [7, 11) is 0. The molecule has 0 aliphatic carbocycles. The van der Waals surface area contributed by atoms with E-state index >= 15 is 0 Å². The number of ketones is 1. The van der Waals surface area contributed by atoms with E-state index in [0.717, 1.165) is 19.6 Å². The zero-order chi connectivity index (χ0) is 27.9. The lowest BCUT2D eigenvalue weighted by Crippen LogP contribution is -2.33. The monoisotopic (exact) mass is 538 g/mol. The highest BCUT2D eigenvalue weighted by molar-refractivity contribution is 6.46. The summed E-state index contributed by atoms with van der Waals surface area (Å²) < 4.78 is 22.8. The van der Waals surface area contributed by atoms with Crippen LogP contribution in [0.2, 0.25) is 0 Å². The molecule has 1 fully saturated rings. The molecule has 2 heterocycles. The first-order valence-electron chi connectivity index (χ1n) is 13.7. The summed E-state index contributed by atoms with van der Waals surface area (Å²) in [5, 5.41) is 11.5. The Balaban J connectivity index is 1.79. The van der Waals surface area contributed by atoms with Gasteiger partial charge in [-0.2, -0.15) is 0 Å². The molecule has 0 bridgehead atoms. The van der Waals surface area contributed by atoms with E-state index < -0.39 is 17.7 Å². The summed E-state index contributed by atoms with van der Waals surface area (Å²) in [4.78, 5) is 30.7. The standard InChI is InChI=1S/C30H38N2O7/c1-5-31(6-2)14-9-15-32-27(20-10-12-22(36-7-3)24(18-20)37-8-4)26(29(34)30(32)35)28(33)21-11-13-23-25(19-21)39-17-16-38-23/h10-13,18-19,27,33H,5-9,14-17H2,1-4H3/b28-26+/t27-/m1/s1. The van der Waals surface area contributed by atoms with Gasteiger partial charge in [0, 0.05) is 12.1 Å². The van der Waals surface area contributed by atoms with Gasteiger partial charge in [0.15, 0.2) is 23.0 Å². The maximum Gasteiger partial charge on any atom is 0.295 e. The normalized spacial score (nSPS) is 18.1. The van der Waals surface area contributed by atoms with E-state index in [0.29, 0.717) is 73.5 Å². The highest BCUT2D eigenvalue weighted by Crippen LogP contribution is 2.43. The topological polar surface area (TPSA) is 97.8 Å². The molecule has 4 rings (SSSR count). The van der Waals surface area contributed by atoms with Gasteiger partial charge in [-0.1, -0.05) is 19.9 Å². The van der Waals surface area contributed by atoms with Gasteiger partial charge >= 0.3 is 0 Å². The highest BCUT2D eigenvalue weighted by Gasteiger charge is 2.46. The molecule has 1 saturated heterocycles. The quantitative estimate of drug-likeness (QED) is 0.241. The molecule has 2 aromatic carbocycles. The first-order chi connectivity index (χ1) is 18.9. The third-order valence-electron chi connectivity index (χ3n) is 7.01. The van der Waals surface area contributed by atoms with Gasteiger partial charge in [0.25, 0.3) is 11.7 Å². The first-order valence-corrected chi connectivity index (χ1v) is 13.7. The van der Waals surface area contributed by atoms with Crippen LogP contribution in [0.3, 0.4) is 0 Å². The van der Waals surface area contributed by atoms with E-state index in [4.69, 9.17) is 18.9 Å². The molecule has 0 radical (unpaired) electrons. The maximum absolute atomic E-state index is 13.5. The van der Waals surface area contributed by atoms with Gasteiger partial charge in [-0.05, 0) is 75.8 Å². The fourth-order valence-electron chi connectivity index (χ4n) is 5.05. The molecule has 2 aliphatic rings. The van der Waals surface area contributed by atoms with Gasteiger partial charge in [0.1, 0.15) is 19.0 Å². The van der Waals surface area contributed by atoms with Crippen LogP contribution < -0.4 is 18.9 Å². The van der Waals surface area contributed by atoms with E-state index in [1.54, 1.807) is 35.2 Å². The average molecular weight is 539 g/mol. The highest BCUT2D eigenvalue weighted by atomic mass is 16.6. The molecule has 9 nitrogen and oxygen atoms in total. The predicted molar refractivity (Wildman–Crippen MR) is 148 cm³/mol. The van der Waals surface area contributed by atoms with Gasteiger partial charge < -0.3 is 33.9 Å². The Morgan fingerprint density at radius 2 is 1.64 bits per heavy atom. The molecule has 2 aliphatic heterocycles. The van der Waals surface area contributed by atoms with Crippen molar-refractivity contribution in [1.29, 1.82) is 0 Å². The fourth-order valence-corrected chi connectivity index (χ4v) is 5.05. The van der Waals surface area contributed by atoms with E-state index in [1.165, 1.54) is 0 Å². The molecule has 2 aromatic rings. The molecular formula is C30H38N2O7. The van der Waals surface area contributed by atoms with Crippen LogP contribution >= 0.6 is 0 Å². The lowest BCUT2D eigenvalue weighted by molar-refractivity contribution is -0.140. The molecule has 9 heteroatoms. The van der Waals surface area contributed by atoms with Crippen molar-refractivity contribution in [2.75, 3.05) is 52.6 Å². The van der Waals surface area contributed by atoms with Gasteiger partial charge in [-0.25, -0.2) is 0 Å². The van der Waals surface area contributed by atoms with Crippen molar-refractivity contribution in [2.24, 2.45) is 0 Å². The van der Waals surface area contributed by atoms with Crippen molar-refractivity contribution in [3.05, 3.63) is 53.1 Å². The number of aliphatic hydroxyl groups is 1. The number of Topliss-reactive ketones (excluding diaryl/α,β-unsaturated/α-hetero) is 1. The second-order valence-electron chi connectivity index (χ2n) is 9.30. The number of aliphatic hydroxyl groups excluding tert-OH is 1. The number of amides is 1. The number of carbonyl (C=O) groups is 2. The van der Waals surface area contributed by atoms with Crippen molar-refractivity contribution in [3.8, 4) is 23.0 Å². The molecule has 1 N–H and O–H groups in total. The van der Waals surface area contributed by atoms with Crippen LogP contribution in [0.25, 0.3) is 5.76 Å². The first kappa shape index (κ1) is 28.3. The second-order valence-corrected chi connectivity index (χ2v) is 9.30. The molecule has 0 saturated carbocycles. The number of rotatable bonds is 12. The molecule has 0 aromatic heterocycles. The third-order valence-corrected chi connectivity index (χ3v) is 7.01. The van der Waals surface area contributed by atoms with Crippen molar-refractivity contribution < 1.29 is 33.6 Å². The number of fused-ring (bicyclic) bond motifs is 1. The number of benzene rings is 2. The van der Waals surface area contributed by atoms with Crippen LogP contribution in [-0.2, 0) is 9.59 Å². The molecule has 1 atom stereocenters. The summed E-state index contributed by atoms with van der Waals surface area (Å²) in [6.45, 7) is 12.6. The Morgan fingerprint density at radius 1 is 0.949 bits per heavy atom. The van der Waals surface area contributed by atoms with E-state index in [2.05, 4.69) is 18.7 Å². The number of hydrogen-bond donors (Lipinski definition) is 1. The molecule has 1 amide bonds. The number of ether oxygens (including phenoxy) is 4. The molecule has 0 unspecified atom stereocenters. The zero-order valence-electron chi connectivity index (χ0n) is 23.2. The lowest BCUT2D eigenvalue weighted by Gasteiger charge is -2.27. The Hall–Kier alpha value is -3.72. The molecule has 210 valence electrons. The lowest BCUT2D eigenvalue weighted by atomic mass is 9.94. The minimum atomic E-state index is -0.787. The summed E-state index contributed by atoms with van der Waals surface area (Å²) in [5.74, 6) is 0.536. The largest absolute Gasteiger partial charge is 0.507 e. The van der Waals surface area contributed by atoms with Gasteiger partial charge in [-0.15, -0.1) is 0 Å². The summed E-state index contributed by atoms with van der Waals surface area (Å²) in [5.41, 5.74) is 1.07. The van der Waals surface area contributed by atoms with Crippen LogP contribution in [0.4, 0.5) is 0 Å². The number of likely N-dealkylation sites (tertiary alicyclic amines) is 1. The Kier molecular flexibility index (Phi) is 9.35. The smallest absolute Gasteiger partial charge is 0.295 e. The van der Waals surface area contributed by atoms with Crippen molar-refractivity contribution >= 4 is 17.4 Å². The minimum Gasteiger partial charge on any atom is -0.507 e. The van der Waals surface area contributed by atoms with Gasteiger partial charge in [0.05, 0.1) is 24.8 Å². The number of hydrogen-bond acceptors (Lipinski definition) is 8. The van der Waals surface area contributed by atoms with Crippen LogP contribution in [-0.4, -0.2) is 79.2 Å². The minimum absolute atomic E-state index is 0.0334. The van der Waals surface area contributed by atoms with Crippen molar-refractivity contribution in [3.63, 3.8) is 0 Å². The van der Waals surface area contributed by atoms with E-state index in [1.807, 2.05) is 19.9 Å². The van der Waals surface area contributed by atoms with E-state index in [-0.39, 0.29) is 11.3 Å². The van der Waals surface area contributed by atoms with Crippen LogP contribution in [0.1, 0.15) is 51.3 Å². The van der Waals surface area contributed by atoms with Crippen molar-refractivity contribution in [1.82, 2.24) is 9.80 Å². The fraction of sp³-hybridized carbons (Fsp3) is 0.467. The van der Waals surface area contributed by atoms with Gasteiger partial charge in [-0.3, -0.25) is 9.59 Å². The Morgan fingerprint density at radius 3 is 2.33 bits per heavy atom. The Labute approximate surface area is 229 Å². The molecule has 0 spiro atoms. The summed E-state index contributed by atoms with van der Waals surface area (Å²) in [6, 6.07) is 9.60. The second kappa shape index (κ2) is 12.9.